The smallest absolute Gasteiger partial charge is 0.235 e. The lowest BCUT2D eigenvalue weighted by Gasteiger charge is -2.23. The van der Waals surface area contributed by atoms with Crippen LogP contribution in [0.15, 0.2) is 73.1 Å². The van der Waals surface area contributed by atoms with E-state index in [2.05, 4.69) is 28.5 Å². The number of rotatable bonds is 3. The molecule has 0 saturated carbocycles. The maximum absolute atomic E-state index is 12.7. The van der Waals surface area contributed by atoms with Crippen molar-refractivity contribution in [3.05, 3.63) is 84.2 Å². The van der Waals surface area contributed by atoms with Crippen molar-refractivity contribution in [2.24, 2.45) is 0 Å². The van der Waals surface area contributed by atoms with E-state index in [0.29, 0.717) is 6.42 Å². The zero-order chi connectivity index (χ0) is 16.6. The number of pyridine rings is 1. The van der Waals surface area contributed by atoms with Crippen LogP contribution in [0, 0.1) is 0 Å². The Bertz CT molecular complexity index is 890. The predicted molar refractivity (Wildman–Crippen MR) is 95.8 cm³/mol. The average Bonchev–Trinajstić information content (AvgIpc) is 2.87. The highest BCUT2D eigenvalue weighted by molar-refractivity contribution is 6.06. The molecule has 0 bridgehead atoms. The molecule has 0 radical (unpaired) electrons. The van der Waals surface area contributed by atoms with Crippen LogP contribution in [0.1, 0.15) is 18.1 Å². The summed E-state index contributed by atoms with van der Waals surface area (Å²) in [5.41, 5.74) is 4.70. The third-order valence-electron chi connectivity index (χ3n) is 4.76. The number of hydrogen-bond acceptors (Lipinski definition) is 2. The number of hydrogen-bond donors (Lipinski definition) is 1. The fourth-order valence-electron chi connectivity index (χ4n) is 3.39. The van der Waals surface area contributed by atoms with Crippen molar-refractivity contribution in [3.63, 3.8) is 0 Å². The lowest BCUT2D eigenvalue weighted by molar-refractivity contribution is -0.120. The fourth-order valence-corrected chi connectivity index (χ4v) is 3.39. The van der Waals surface area contributed by atoms with Gasteiger partial charge in [0.25, 0.3) is 0 Å². The summed E-state index contributed by atoms with van der Waals surface area (Å²) < 4.78 is 0. The van der Waals surface area contributed by atoms with Gasteiger partial charge < -0.3 is 5.32 Å². The van der Waals surface area contributed by atoms with Gasteiger partial charge in [-0.25, -0.2) is 0 Å². The molecule has 24 heavy (non-hydrogen) atoms. The highest BCUT2D eigenvalue weighted by Crippen LogP contribution is 2.41. The second-order valence-corrected chi connectivity index (χ2v) is 6.45. The van der Waals surface area contributed by atoms with Crippen LogP contribution in [0.3, 0.4) is 0 Å². The summed E-state index contributed by atoms with van der Waals surface area (Å²) in [7, 11) is 0. The van der Waals surface area contributed by atoms with Gasteiger partial charge in [0.05, 0.1) is 5.41 Å². The molecule has 4 rings (SSSR count). The number of aromatic nitrogens is 1. The largest absolute Gasteiger partial charge is 0.325 e. The zero-order valence-corrected chi connectivity index (χ0v) is 13.5. The molecule has 118 valence electrons. The summed E-state index contributed by atoms with van der Waals surface area (Å²) in [5, 5.41) is 3.03. The van der Waals surface area contributed by atoms with Crippen LogP contribution in [0.2, 0.25) is 0 Å². The third-order valence-corrected chi connectivity index (χ3v) is 4.76. The number of benzene rings is 2. The highest BCUT2D eigenvalue weighted by atomic mass is 16.2. The normalized spacial score (nSPS) is 19.0. The summed E-state index contributed by atoms with van der Waals surface area (Å²) >= 11 is 0. The molecule has 2 heterocycles. The Balaban J connectivity index is 1.78. The van der Waals surface area contributed by atoms with Crippen molar-refractivity contribution in [1.29, 1.82) is 0 Å². The lowest BCUT2D eigenvalue weighted by atomic mass is 9.77. The van der Waals surface area contributed by atoms with Gasteiger partial charge in [0.2, 0.25) is 5.91 Å². The maximum Gasteiger partial charge on any atom is 0.235 e. The first-order valence-corrected chi connectivity index (χ1v) is 8.07. The van der Waals surface area contributed by atoms with Crippen LogP contribution in [-0.2, 0) is 16.6 Å². The number of nitrogens with zero attached hydrogens (tertiary/aromatic N) is 1. The van der Waals surface area contributed by atoms with E-state index in [1.807, 2.05) is 55.6 Å². The van der Waals surface area contributed by atoms with Gasteiger partial charge in [-0.05, 0) is 53.8 Å². The Morgan fingerprint density at radius 3 is 2.58 bits per heavy atom. The monoisotopic (exact) mass is 314 g/mol. The first kappa shape index (κ1) is 14.6. The fraction of sp³-hybridized carbons (Fsp3) is 0.143. The standard InChI is InChI=1S/C21H18N2O/c1-21(13-15-6-3-2-4-7-15)18-12-16(17-8-5-11-22-14-17)9-10-19(18)23-20(21)24/h2-12,14H,13H2,1H3,(H,23,24). The maximum atomic E-state index is 12.7. The molecule has 0 spiro atoms. The topological polar surface area (TPSA) is 42.0 Å². The summed E-state index contributed by atoms with van der Waals surface area (Å²) in [6.45, 7) is 2.02. The molecule has 0 aliphatic carbocycles. The summed E-state index contributed by atoms with van der Waals surface area (Å²) in [4.78, 5) is 16.9. The molecule has 1 amide bonds. The van der Waals surface area contributed by atoms with E-state index < -0.39 is 5.41 Å². The lowest BCUT2D eigenvalue weighted by Crippen LogP contribution is -2.33. The zero-order valence-electron chi connectivity index (χ0n) is 13.5. The van der Waals surface area contributed by atoms with Crippen LogP contribution in [0.5, 0.6) is 0 Å². The first-order chi connectivity index (χ1) is 11.7. The molecule has 1 aliphatic rings. The van der Waals surface area contributed by atoms with Gasteiger partial charge in [-0.3, -0.25) is 9.78 Å². The molecule has 1 aliphatic heterocycles. The molecule has 0 fully saturated rings. The van der Waals surface area contributed by atoms with Gasteiger partial charge in [0.1, 0.15) is 0 Å². The first-order valence-electron chi connectivity index (χ1n) is 8.07. The van der Waals surface area contributed by atoms with Crippen molar-refractivity contribution in [2.75, 3.05) is 5.32 Å². The number of carbonyl (C=O) groups excluding carboxylic acids is 1. The Labute approximate surface area is 141 Å². The van der Waals surface area contributed by atoms with Gasteiger partial charge in [-0.2, -0.15) is 0 Å². The average molecular weight is 314 g/mol. The van der Waals surface area contributed by atoms with Crippen LogP contribution in [0.4, 0.5) is 5.69 Å². The number of nitrogens with one attached hydrogen (secondary N) is 1. The van der Waals surface area contributed by atoms with Gasteiger partial charge in [0.15, 0.2) is 0 Å². The molecule has 3 nitrogen and oxygen atoms in total. The van der Waals surface area contributed by atoms with E-state index in [0.717, 1.165) is 27.9 Å². The van der Waals surface area contributed by atoms with Crippen molar-refractivity contribution < 1.29 is 4.79 Å². The minimum atomic E-state index is -0.561. The Morgan fingerprint density at radius 2 is 1.83 bits per heavy atom. The van der Waals surface area contributed by atoms with Gasteiger partial charge in [0, 0.05) is 18.1 Å². The quantitative estimate of drug-likeness (QED) is 0.787. The highest BCUT2D eigenvalue weighted by Gasteiger charge is 2.42. The van der Waals surface area contributed by atoms with E-state index in [1.165, 1.54) is 0 Å². The predicted octanol–water partition coefficient (Wildman–Crippen LogP) is 4.20. The van der Waals surface area contributed by atoms with Gasteiger partial charge >= 0.3 is 0 Å². The molecule has 1 atom stereocenters. The van der Waals surface area contributed by atoms with Crippen LogP contribution < -0.4 is 5.32 Å². The summed E-state index contributed by atoms with van der Waals surface area (Å²) in [6.07, 6.45) is 4.30. The van der Waals surface area contributed by atoms with Crippen molar-refractivity contribution >= 4 is 11.6 Å². The molecule has 3 aromatic rings. The van der Waals surface area contributed by atoms with E-state index in [4.69, 9.17) is 0 Å². The third kappa shape index (κ3) is 2.38. The number of carbonyl (C=O) groups is 1. The molecule has 0 saturated heterocycles. The van der Waals surface area contributed by atoms with Crippen molar-refractivity contribution in [3.8, 4) is 11.1 Å². The molecular weight excluding hydrogens is 296 g/mol. The summed E-state index contributed by atoms with van der Waals surface area (Å²) in [6, 6.07) is 20.3. The Kier molecular flexibility index (Phi) is 3.42. The minimum Gasteiger partial charge on any atom is -0.325 e. The van der Waals surface area contributed by atoms with Crippen molar-refractivity contribution in [1.82, 2.24) is 4.98 Å². The molecular formula is C21H18N2O. The number of anilines is 1. The molecule has 3 heteroatoms. The van der Waals surface area contributed by atoms with E-state index >= 15 is 0 Å². The van der Waals surface area contributed by atoms with Gasteiger partial charge in [-0.15, -0.1) is 0 Å². The van der Waals surface area contributed by atoms with E-state index in [-0.39, 0.29) is 5.91 Å². The van der Waals surface area contributed by atoms with Crippen LogP contribution in [-0.4, -0.2) is 10.9 Å². The van der Waals surface area contributed by atoms with E-state index in [1.54, 1.807) is 6.20 Å². The Morgan fingerprint density at radius 1 is 1.00 bits per heavy atom. The minimum absolute atomic E-state index is 0.0599. The van der Waals surface area contributed by atoms with Crippen molar-refractivity contribution in [2.45, 2.75) is 18.8 Å². The second kappa shape index (κ2) is 5.60. The SMILES string of the molecule is CC1(Cc2ccccc2)C(=O)Nc2ccc(-c3cccnc3)cc21. The van der Waals surface area contributed by atoms with E-state index in [9.17, 15) is 4.79 Å². The number of fused-ring (bicyclic) bond motifs is 1. The molecule has 2 aromatic carbocycles. The second-order valence-electron chi connectivity index (χ2n) is 6.45. The summed E-state index contributed by atoms with van der Waals surface area (Å²) in [5.74, 6) is 0.0599. The molecule has 1 unspecified atom stereocenters. The van der Waals surface area contributed by atoms with Crippen LogP contribution in [0.25, 0.3) is 11.1 Å². The number of amides is 1. The molecule has 1 aromatic heterocycles. The Hall–Kier alpha value is -2.94. The van der Waals surface area contributed by atoms with Crippen LogP contribution >= 0.6 is 0 Å². The van der Waals surface area contributed by atoms with Gasteiger partial charge in [-0.1, -0.05) is 42.5 Å². The molecule has 1 N–H and O–H groups in total.